The molecule has 0 spiro atoms. The molecule has 0 radical (unpaired) electrons. The summed E-state index contributed by atoms with van der Waals surface area (Å²) in [5.41, 5.74) is 1.51. The first-order valence-corrected chi connectivity index (χ1v) is 14.6. The van der Waals surface area contributed by atoms with E-state index in [9.17, 15) is 13.2 Å². The van der Waals surface area contributed by atoms with Crippen LogP contribution in [-0.2, 0) is 20.2 Å². The van der Waals surface area contributed by atoms with Gasteiger partial charge < -0.3 is 19.0 Å². The molecule has 41 heavy (non-hydrogen) atoms. The molecular formula is C31H33N3O6S. The highest BCUT2D eigenvalue weighted by atomic mass is 32.2. The number of carbonyl (C=O) groups is 1. The molecule has 4 aromatic rings. The topological polar surface area (TPSA) is 117 Å². The highest BCUT2D eigenvalue weighted by molar-refractivity contribution is 7.92. The summed E-state index contributed by atoms with van der Waals surface area (Å²) in [5, 5.41) is 0. The molecule has 214 valence electrons. The van der Waals surface area contributed by atoms with Crippen molar-refractivity contribution in [1.29, 1.82) is 0 Å². The van der Waals surface area contributed by atoms with Crippen molar-refractivity contribution in [3.05, 3.63) is 84.4 Å². The highest BCUT2D eigenvalue weighted by Gasteiger charge is 2.25. The van der Waals surface area contributed by atoms with Crippen LogP contribution in [0, 0.1) is 0 Å². The average molecular weight is 576 g/mol. The Bertz CT molecular complexity index is 1580. The number of carbonyl (C=O) groups excluding carboxylic acids is 1. The van der Waals surface area contributed by atoms with Gasteiger partial charge in [-0.15, -0.1) is 0 Å². The third kappa shape index (κ3) is 7.61. The molecule has 0 bridgehead atoms. The van der Waals surface area contributed by atoms with Crippen LogP contribution >= 0.6 is 0 Å². The first-order valence-electron chi connectivity index (χ1n) is 13.1. The van der Waals surface area contributed by atoms with Crippen molar-refractivity contribution in [2.75, 3.05) is 18.4 Å². The summed E-state index contributed by atoms with van der Waals surface area (Å²) < 4.78 is 47.2. The maximum atomic E-state index is 13.6. The van der Waals surface area contributed by atoms with Crippen LogP contribution in [0.4, 0.5) is 5.82 Å². The number of unbranched alkanes of at least 4 members (excludes halogenated alkanes) is 1. The number of hydrogen-bond acceptors (Lipinski definition) is 8. The van der Waals surface area contributed by atoms with Gasteiger partial charge >= 0.3 is 0 Å². The smallest absolute Gasteiger partial charge is 0.263 e. The summed E-state index contributed by atoms with van der Waals surface area (Å²) in [7, 11) is -2.56. The lowest BCUT2D eigenvalue weighted by molar-refractivity contribution is -0.108. The molecule has 4 rings (SSSR count). The van der Waals surface area contributed by atoms with Gasteiger partial charge in [0.15, 0.2) is 11.6 Å². The Morgan fingerprint density at radius 1 is 0.902 bits per heavy atom. The normalized spacial score (nSPS) is 11.5. The first-order chi connectivity index (χ1) is 19.6. The van der Waals surface area contributed by atoms with Crippen molar-refractivity contribution in [3.63, 3.8) is 0 Å². The number of aldehydes is 1. The quantitative estimate of drug-likeness (QED) is 0.152. The standard InChI is InChI=1S/C31H33N3O6S/c1-31(2,3)23-15-17-26(18-16-23)41(36,37)34-29-27(40-25-14-10-13-24(21-25)38-4)30(39-20-9-8-19-35)33-28(32-29)22-11-6-5-7-12-22/h5-7,10-19,21H,8-9,20H2,1-4H3,(H,32,33,34). The van der Waals surface area contributed by atoms with E-state index in [1.165, 1.54) is 7.11 Å². The van der Waals surface area contributed by atoms with Gasteiger partial charge in [0.25, 0.3) is 15.9 Å². The van der Waals surface area contributed by atoms with E-state index in [4.69, 9.17) is 14.2 Å². The van der Waals surface area contributed by atoms with Crippen LogP contribution in [0.15, 0.2) is 83.8 Å². The predicted octanol–water partition coefficient (Wildman–Crippen LogP) is 6.40. The molecule has 0 atom stereocenters. The number of nitrogens with one attached hydrogen (secondary N) is 1. The van der Waals surface area contributed by atoms with E-state index in [0.717, 1.165) is 11.8 Å². The van der Waals surface area contributed by atoms with Crippen LogP contribution in [0.1, 0.15) is 39.2 Å². The third-order valence-electron chi connectivity index (χ3n) is 6.09. The fourth-order valence-electron chi connectivity index (χ4n) is 3.84. The zero-order valence-electron chi connectivity index (χ0n) is 23.5. The van der Waals surface area contributed by atoms with E-state index >= 15 is 0 Å². The second-order valence-corrected chi connectivity index (χ2v) is 11.9. The Balaban J connectivity index is 1.82. The number of ether oxygens (including phenoxy) is 3. The summed E-state index contributed by atoms with van der Waals surface area (Å²) in [6.45, 7) is 6.32. The van der Waals surface area contributed by atoms with Gasteiger partial charge in [-0.3, -0.25) is 4.72 Å². The van der Waals surface area contributed by atoms with Crippen molar-refractivity contribution < 1.29 is 27.4 Å². The Kier molecular flexibility index (Phi) is 9.24. The number of rotatable bonds is 12. The molecule has 0 saturated heterocycles. The number of sulfonamides is 1. The average Bonchev–Trinajstić information content (AvgIpc) is 2.96. The number of nitrogens with zero attached hydrogens (tertiary/aromatic N) is 2. The molecule has 0 saturated carbocycles. The molecule has 10 heteroatoms. The van der Waals surface area contributed by atoms with Gasteiger partial charge in [0.1, 0.15) is 17.8 Å². The lowest BCUT2D eigenvalue weighted by Crippen LogP contribution is -2.17. The van der Waals surface area contributed by atoms with Gasteiger partial charge in [-0.25, -0.2) is 13.4 Å². The zero-order valence-corrected chi connectivity index (χ0v) is 24.3. The Morgan fingerprint density at radius 3 is 2.27 bits per heavy atom. The molecule has 0 aliphatic rings. The molecule has 0 fully saturated rings. The van der Waals surface area contributed by atoms with Crippen molar-refractivity contribution >= 4 is 22.1 Å². The molecule has 0 unspecified atom stereocenters. The van der Waals surface area contributed by atoms with Crippen molar-refractivity contribution in [1.82, 2.24) is 9.97 Å². The number of hydrogen-bond donors (Lipinski definition) is 1. The Hall–Kier alpha value is -4.44. The lowest BCUT2D eigenvalue weighted by Gasteiger charge is -2.20. The number of methoxy groups -OCH3 is 1. The largest absolute Gasteiger partial charge is 0.497 e. The summed E-state index contributed by atoms with van der Waals surface area (Å²) >= 11 is 0. The van der Waals surface area contributed by atoms with E-state index in [2.05, 4.69) is 35.5 Å². The van der Waals surface area contributed by atoms with E-state index in [0.29, 0.717) is 29.9 Å². The molecule has 9 nitrogen and oxygen atoms in total. The molecule has 1 aromatic heterocycles. The Morgan fingerprint density at radius 2 is 1.61 bits per heavy atom. The molecule has 1 heterocycles. The fourth-order valence-corrected chi connectivity index (χ4v) is 4.85. The highest BCUT2D eigenvalue weighted by Crippen LogP contribution is 2.40. The van der Waals surface area contributed by atoms with Crippen LogP contribution in [0.5, 0.6) is 23.1 Å². The maximum Gasteiger partial charge on any atom is 0.263 e. The molecule has 0 aliphatic carbocycles. The fraction of sp³-hybridized carbons (Fsp3) is 0.258. The van der Waals surface area contributed by atoms with E-state index in [1.54, 1.807) is 60.7 Å². The summed E-state index contributed by atoms with van der Waals surface area (Å²) in [4.78, 5) is 20.0. The van der Waals surface area contributed by atoms with Crippen LogP contribution in [0.3, 0.4) is 0 Å². The van der Waals surface area contributed by atoms with Gasteiger partial charge in [-0.1, -0.05) is 69.3 Å². The second-order valence-electron chi connectivity index (χ2n) is 10.2. The molecule has 1 N–H and O–H groups in total. The third-order valence-corrected chi connectivity index (χ3v) is 7.45. The number of anilines is 1. The molecular weight excluding hydrogens is 542 g/mol. The van der Waals surface area contributed by atoms with Crippen molar-refractivity contribution in [2.45, 2.75) is 43.9 Å². The van der Waals surface area contributed by atoms with Gasteiger partial charge in [0.05, 0.1) is 18.6 Å². The zero-order chi connectivity index (χ0) is 29.5. The predicted molar refractivity (Wildman–Crippen MR) is 157 cm³/mol. The van der Waals surface area contributed by atoms with Crippen LogP contribution in [0.25, 0.3) is 11.4 Å². The van der Waals surface area contributed by atoms with Crippen LogP contribution in [0.2, 0.25) is 0 Å². The molecule has 0 amide bonds. The maximum absolute atomic E-state index is 13.6. The van der Waals surface area contributed by atoms with Gasteiger partial charge in [0, 0.05) is 18.1 Å². The molecule has 0 aliphatic heterocycles. The monoisotopic (exact) mass is 575 g/mol. The first kappa shape index (κ1) is 29.5. The Labute approximate surface area is 240 Å². The summed E-state index contributed by atoms with van der Waals surface area (Å²) in [6, 6.07) is 22.6. The minimum Gasteiger partial charge on any atom is -0.497 e. The van der Waals surface area contributed by atoms with Gasteiger partial charge in [-0.05, 0) is 41.7 Å². The molecule has 3 aromatic carbocycles. The number of aromatic nitrogens is 2. The SMILES string of the molecule is COc1cccc(Oc2c(NS(=O)(=O)c3ccc(C(C)(C)C)cc3)nc(-c3ccccc3)nc2OCCCC=O)c1. The van der Waals surface area contributed by atoms with E-state index in [1.807, 2.05) is 18.2 Å². The van der Waals surface area contributed by atoms with Crippen molar-refractivity contribution in [2.24, 2.45) is 0 Å². The number of benzene rings is 3. The lowest BCUT2D eigenvalue weighted by atomic mass is 9.87. The minimum absolute atomic E-state index is 0.0216. The van der Waals surface area contributed by atoms with Crippen molar-refractivity contribution in [3.8, 4) is 34.5 Å². The summed E-state index contributed by atoms with van der Waals surface area (Å²) in [5.74, 6) is 1.01. The van der Waals surface area contributed by atoms with E-state index < -0.39 is 10.0 Å². The van der Waals surface area contributed by atoms with Gasteiger partial charge in [-0.2, -0.15) is 4.98 Å². The van der Waals surface area contributed by atoms with Crippen LogP contribution in [-0.4, -0.2) is 38.4 Å². The second kappa shape index (κ2) is 12.8. The minimum atomic E-state index is -4.09. The van der Waals surface area contributed by atoms with E-state index in [-0.39, 0.29) is 40.2 Å². The van der Waals surface area contributed by atoms with Crippen LogP contribution < -0.4 is 18.9 Å². The van der Waals surface area contributed by atoms with Gasteiger partial charge in [0.2, 0.25) is 5.75 Å². The summed E-state index contributed by atoms with van der Waals surface area (Å²) in [6.07, 6.45) is 1.54.